The van der Waals surface area contributed by atoms with Gasteiger partial charge >= 0.3 is 0 Å². The highest BCUT2D eigenvalue weighted by molar-refractivity contribution is 5.78. The predicted octanol–water partition coefficient (Wildman–Crippen LogP) is 4.00. The summed E-state index contributed by atoms with van der Waals surface area (Å²) in [4.78, 5) is 11.3. The van der Waals surface area contributed by atoms with Crippen molar-refractivity contribution < 1.29 is 4.52 Å². The number of benzene rings is 1. The molecule has 0 amide bonds. The molecule has 1 aromatic carbocycles. The van der Waals surface area contributed by atoms with Crippen molar-refractivity contribution in [1.82, 2.24) is 25.8 Å². The van der Waals surface area contributed by atoms with Gasteiger partial charge in [-0.25, -0.2) is 0 Å². The number of piperazine rings is 1. The minimum absolute atomic E-state index is 0.139. The average Bonchev–Trinajstić information content (AvgIpc) is 3.28. The smallest absolute Gasteiger partial charge is 0.232 e. The molecule has 0 aliphatic carbocycles. The van der Waals surface area contributed by atoms with Gasteiger partial charge in [-0.1, -0.05) is 44.1 Å². The van der Waals surface area contributed by atoms with Crippen LogP contribution in [0.1, 0.15) is 56.6 Å². The number of hydrogen-bond donors (Lipinski definition) is 2. The predicted molar refractivity (Wildman–Crippen MR) is 128 cm³/mol. The second kappa shape index (κ2) is 9.38. The lowest BCUT2D eigenvalue weighted by Gasteiger charge is -2.31. The third-order valence-corrected chi connectivity index (χ3v) is 5.98. The molecule has 0 spiro atoms. The average molecular weight is 435 g/mol. The number of nitrogens with zero attached hydrogens (tertiary/aromatic N) is 4. The van der Waals surface area contributed by atoms with Crippen molar-refractivity contribution in [1.29, 1.82) is 0 Å². The maximum absolute atomic E-state index is 5.40. The first kappa shape index (κ1) is 22.4. The molecule has 0 unspecified atom stereocenters. The molecule has 170 valence electrons. The van der Waals surface area contributed by atoms with Crippen LogP contribution < -0.4 is 15.5 Å². The molecule has 2 aromatic heterocycles. The first-order chi connectivity index (χ1) is 15.3. The summed E-state index contributed by atoms with van der Waals surface area (Å²) in [6.45, 7) is 15.2. The van der Waals surface area contributed by atoms with Gasteiger partial charge in [0, 0.05) is 49.4 Å². The summed E-state index contributed by atoms with van der Waals surface area (Å²) in [7, 11) is 0. The lowest BCUT2D eigenvalue weighted by atomic mass is 9.96. The van der Waals surface area contributed by atoms with Crippen molar-refractivity contribution in [2.24, 2.45) is 0 Å². The topological polar surface area (TPSA) is 79.1 Å². The van der Waals surface area contributed by atoms with Crippen molar-refractivity contribution in [2.75, 3.05) is 31.1 Å². The molecule has 3 heterocycles. The maximum atomic E-state index is 5.40. The number of anilines is 1. The number of pyridine rings is 1. The van der Waals surface area contributed by atoms with Gasteiger partial charge in [0.2, 0.25) is 5.89 Å². The second-order valence-electron chi connectivity index (χ2n) is 9.57. The molecule has 4 rings (SSSR count). The van der Waals surface area contributed by atoms with E-state index in [1.165, 1.54) is 27.9 Å². The van der Waals surface area contributed by atoms with Gasteiger partial charge in [-0.15, -0.1) is 0 Å². The quantitative estimate of drug-likeness (QED) is 0.607. The fourth-order valence-corrected chi connectivity index (χ4v) is 4.10. The van der Waals surface area contributed by atoms with Gasteiger partial charge in [0.1, 0.15) is 0 Å². The Kier molecular flexibility index (Phi) is 6.58. The van der Waals surface area contributed by atoms with Gasteiger partial charge in [-0.3, -0.25) is 4.98 Å². The van der Waals surface area contributed by atoms with E-state index < -0.39 is 0 Å². The highest BCUT2D eigenvalue weighted by Crippen LogP contribution is 2.32. The molecular formula is C25H34N6O. The van der Waals surface area contributed by atoms with Crippen LogP contribution in [0, 0.1) is 6.92 Å². The zero-order valence-corrected chi connectivity index (χ0v) is 19.8. The minimum atomic E-state index is -0.139. The van der Waals surface area contributed by atoms with Crippen molar-refractivity contribution in [2.45, 2.75) is 52.6 Å². The van der Waals surface area contributed by atoms with Crippen LogP contribution in [0.5, 0.6) is 0 Å². The Hall–Kier alpha value is -2.77. The van der Waals surface area contributed by atoms with Gasteiger partial charge in [-0.2, -0.15) is 4.98 Å². The Morgan fingerprint density at radius 2 is 1.97 bits per heavy atom. The SMILES string of the molecule is Cc1cc(-c2ccncc2N2CCNCC2)ccc1[C@@H](C)NCc1noc(C(C)(C)C)n1. The zero-order valence-electron chi connectivity index (χ0n) is 19.8. The van der Waals surface area contributed by atoms with E-state index in [2.05, 4.69) is 89.5 Å². The van der Waals surface area contributed by atoms with Crippen molar-refractivity contribution in [3.05, 3.63) is 59.5 Å². The summed E-state index contributed by atoms with van der Waals surface area (Å²) in [5, 5.41) is 11.1. The molecule has 0 bridgehead atoms. The maximum Gasteiger partial charge on any atom is 0.232 e. The highest BCUT2D eigenvalue weighted by Gasteiger charge is 2.22. The van der Waals surface area contributed by atoms with E-state index in [0.29, 0.717) is 18.3 Å². The molecule has 1 atom stereocenters. The summed E-state index contributed by atoms with van der Waals surface area (Å²) in [5.74, 6) is 1.36. The molecule has 7 heteroatoms. The Labute approximate surface area is 190 Å². The molecule has 2 N–H and O–H groups in total. The third kappa shape index (κ3) is 5.00. The summed E-state index contributed by atoms with van der Waals surface area (Å²) in [6.07, 6.45) is 3.87. The van der Waals surface area contributed by atoms with Gasteiger partial charge in [-0.05, 0) is 36.6 Å². The lowest BCUT2D eigenvalue weighted by molar-refractivity contribution is 0.317. The summed E-state index contributed by atoms with van der Waals surface area (Å²) < 4.78 is 5.40. The first-order valence-corrected chi connectivity index (χ1v) is 11.4. The van der Waals surface area contributed by atoms with Crippen molar-refractivity contribution in [3.63, 3.8) is 0 Å². The molecule has 7 nitrogen and oxygen atoms in total. The Morgan fingerprint density at radius 3 is 2.66 bits per heavy atom. The molecule has 0 saturated carbocycles. The van der Waals surface area contributed by atoms with E-state index >= 15 is 0 Å². The lowest BCUT2D eigenvalue weighted by Crippen LogP contribution is -2.43. The third-order valence-electron chi connectivity index (χ3n) is 5.98. The number of nitrogens with one attached hydrogen (secondary N) is 2. The number of aromatic nitrogens is 3. The van der Waals surface area contributed by atoms with Crippen LogP contribution in [0.25, 0.3) is 11.1 Å². The molecule has 3 aromatic rings. The Balaban J connectivity index is 1.48. The molecule has 1 fully saturated rings. The molecule has 0 radical (unpaired) electrons. The van der Waals surface area contributed by atoms with Gasteiger partial charge in [0.15, 0.2) is 5.82 Å². The summed E-state index contributed by atoms with van der Waals surface area (Å²) in [5.41, 5.74) is 6.06. The summed E-state index contributed by atoms with van der Waals surface area (Å²) in [6, 6.07) is 9.01. The fraction of sp³-hybridized carbons (Fsp3) is 0.480. The van der Waals surface area contributed by atoms with Gasteiger partial charge < -0.3 is 20.1 Å². The zero-order chi connectivity index (χ0) is 22.7. The monoisotopic (exact) mass is 434 g/mol. The van der Waals surface area contributed by atoms with Crippen LogP contribution in [0.4, 0.5) is 5.69 Å². The van der Waals surface area contributed by atoms with E-state index in [1.807, 2.05) is 12.4 Å². The molecular weight excluding hydrogens is 400 g/mol. The number of rotatable bonds is 6. The van der Waals surface area contributed by atoms with Crippen LogP contribution >= 0.6 is 0 Å². The largest absolute Gasteiger partial charge is 0.367 e. The summed E-state index contributed by atoms with van der Waals surface area (Å²) >= 11 is 0. The van der Waals surface area contributed by atoms with Crippen LogP contribution in [0.2, 0.25) is 0 Å². The highest BCUT2D eigenvalue weighted by atomic mass is 16.5. The van der Waals surface area contributed by atoms with Crippen LogP contribution in [-0.4, -0.2) is 41.3 Å². The number of hydrogen-bond acceptors (Lipinski definition) is 7. The van der Waals surface area contributed by atoms with Gasteiger partial charge in [0.25, 0.3) is 0 Å². The van der Waals surface area contributed by atoms with Crippen molar-refractivity contribution >= 4 is 5.69 Å². The Morgan fingerprint density at radius 1 is 1.19 bits per heavy atom. The minimum Gasteiger partial charge on any atom is -0.367 e. The standard InChI is InChI=1S/C25H34N6O/c1-17-14-19(21-8-9-27-15-22(21)31-12-10-26-11-13-31)6-7-20(17)18(2)28-16-23-29-24(32-30-23)25(3,4)5/h6-9,14-15,18,26,28H,10-13,16H2,1-5H3/t18-/m1/s1. The second-order valence-corrected chi connectivity index (χ2v) is 9.57. The van der Waals surface area contributed by atoms with Crippen LogP contribution in [0.3, 0.4) is 0 Å². The van der Waals surface area contributed by atoms with E-state index in [-0.39, 0.29) is 11.5 Å². The van der Waals surface area contributed by atoms with Crippen LogP contribution in [-0.2, 0) is 12.0 Å². The first-order valence-electron chi connectivity index (χ1n) is 11.4. The molecule has 32 heavy (non-hydrogen) atoms. The van der Waals surface area contributed by atoms with E-state index in [4.69, 9.17) is 4.52 Å². The van der Waals surface area contributed by atoms with E-state index in [1.54, 1.807) is 0 Å². The molecule has 1 saturated heterocycles. The van der Waals surface area contributed by atoms with E-state index in [0.717, 1.165) is 26.2 Å². The molecule has 1 aliphatic heterocycles. The number of aryl methyl sites for hydroxylation is 1. The van der Waals surface area contributed by atoms with Gasteiger partial charge in [0.05, 0.1) is 18.4 Å². The normalized spacial score (nSPS) is 15.7. The fourth-order valence-electron chi connectivity index (χ4n) is 4.10. The van der Waals surface area contributed by atoms with E-state index in [9.17, 15) is 0 Å². The van der Waals surface area contributed by atoms with Crippen LogP contribution in [0.15, 0.2) is 41.2 Å². The Bertz CT molecular complexity index is 1050. The van der Waals surface area contributed by atoms with Crippen molar-refractivity contribution in [3.8, 4) is 11.1 Å². The molecule has 1 aliphatic rings.